The van der Waals surface area contributed by atoms with Crippen molar-refractivity contribution in [3.8, 4) is 11.4 Å². The van der Waals surface area contributed by atoms with Crippen molar-refractivity contribution in [3.63, 3.8) is 0 Å². The number of likely N-dealkylation sites (tertiary alicyclic amines) is 1. The molecular formula is C21H25N5O3. The zero-order valence-electron chi connectivity index (χ0n) is 16.9. The molecule has 1 amide bonds. The average molecular weight is 395 g/mol. The van der Waals surface area contributed by atoms with Gasteiger partial charge < -0.3 is 9.64 Å². The van der Waals surface area contributed by atoms with Crippen LogP contribution in [0.15, 0.2) is 41.6 Å². The minimum atomic E-state index is -0.263. The SMILES string of the molecule is COc1ccc(-n2ncc3c(=O)n(CC(=O)N4[C@H](C)CCC[C@H]4C)cnc32)cc1. The molecule has 2 aromatic heterocycles. The lowest BCUT2D eigenvalue weighted by molar-refractivity contribution is -0.138. The van der Waals surface area contributed by atoms with Crippen molar-refractivity contribution in [1.82, 2.24) is 24.2 Å². The molecule has 29 heavy (non-hydrogen) atoms. The van der Waals surface area contributed by atoms with Crippen LogP contribution in [0.3, 0.4) is 0 Å². The van der Waals surface area contributed by atoms with Gasteiger partial charge in [0.15, 0.2) is 5.65 Å². The number of nitrogens with zero attached hydrogens (tertiary/aromatic N) is 5. The molecule has 0 radical (unpaired) electrons. The Labute approximate surface area is 168 Å². The van der Waals surface area contributed by atoms with Crippen molar-refractivity contribution < 1.29 is 9.53 Å². The number of piperidine rings is 1. The predicted octanol–water partition coefficient (Wildman–Crippen LogP) is 2.38. The molecule has 1 aromatic carbocycles. The van der Waals surface area contributed by atoms with Crippen LogP contribution in [0.5, 0.6) is 5.75 Å². The lowest BCUT2D eigenvalue weighted by Gasteiger charge is -2.39. The molecule has 2 atom stereocenters. The summed E-state index contributed by atoms with van der Waals surface area (Å²) in [4.78, 5) is 32.1. The number of fused-ring (bicyclic) bond motifs is 1. The molecule has 8 nitrogen and oxygen atoms in total. The summed E-state index contributed by atoms with van der Waals surface area (Å²) in [6.45, 7) is 4.12. The molecule has 1 saturated heterocycles. The van der Waals surface area contributed by atoms with Crippen LogP contribution in [0.25, 0.3) is 16.7 Å². The van der Waals surface area contributed by atoms with Gasteiger partial charge in [0.1, 0.15) is 24.0 Å². The Hall–Kier alpha value is -3.16. The number of carbonyl (C=O) groups is 1. The smallest absolute Gasteiger partial charge is 0.264 e. The molecule has 1 fully saturated rings. The van der Waals surface area contributed by atoms with E-state index in [2.05, 4.69) is 23.9 Å². The fourth-order valence-corrected chi connectivity index (χ4v) is 4.11. The molecule has 8 heteroatoms. The van der Waals surface area contributed by atoms with E-state index < -0.39 is 0 Å². The second-order valence-corrected chi connectivity index (χ2v) is 7.60. The van der Waals surface area contributed by atoms with Gasteiger partial charge in [-0.25, -0.2) is 9.67 Å². The topological polar surface area (TPSA) is 82.2 Å². The number of rotatable bonds is 4. The summed E-state index contributed by atoms with van der Waals surface area (Å²) in [5.74, 6) is 0.690. The third-order valence-corrected chi connectivity index (χ3v) is 5.66. The van der Waals surface area contributed by atoms with E-state index in [9.17, 15) is 9.59 Å². The summed E-state index contributed by atoms with van der Waals surface area (Å²) in [7, 11) is 1.61. The summed E-state index contributed by atoms with van der Waals surface area (Å²) >= 11 is 0. The molecule has 0 bridgehead atoms. The van der Waals surface area contributed by atoms with Gasteiger partial charge in [0.2, 0.25) is 5.91 Å². The molecule has 1 aliphatic rings. The lowest BCUT2D eigenvalue weighted by Crippen LogP contribution is -2.49. The van der Waals surface area contributed by atoms with Gasteiger partial charge in [0.25, 0.3) is 5.56 Å². The van der Waals surface area contributed by atoms with E-state index in [1.165, 1.54) is 17.1 Å². The molecule has 0 N–H and O–H groups in total. The van der Waals surface area contributed by atoms with Gasteiger partial charge in [-0.3, -0.25) is 14.2 Å². The lowest BCUT2D eigenvalue weighted by atomic mass is 9.97. The first-order chi connectivity index (χ1) is 14.0. The molecule has 3 heterocycles. The van der Waals surface area contributed by atoms with Gasteiger partial charge in [-0.1, -0.05) is 0 Å². The van der Waals surface area contributed by atoms with Crippen LogP contribution in [-0.4, -0.2) is 49.3 Å². The van der Waals surface area contributed by atoms with E-state index >= 15 is 0 Å². The van der Waals surface area contributed by atoms with E-state index in [1.807, 2.05) is 29.2 Å². The first kappa shape index (κ1) is 19.2. The zero-order chi connectivity index (χ0) is 20.5. The number of aromatic nitrogens is 4. The van der Waals surface area contributed by atoms with Crippen molar-refractivity contribution in [2.24, 2.45) is 0 Å². The highest BCUT2D eigenvalue weighted by Gasteiger charge is 2.29. The Morgan fingerprint density at radius 2 is 1.86 bits per heavy atom. The van der Waals surface area contributed by atoms with E-state index in [1.54, 1.807) is 11.8 Å². The molecule has 0 saturated carbocycles. The minimum absolute atomic E-state index is 0.00975. The van der Waals surface area contributed by atoms with Crippen molar-refractivity contribution in [2.45, 2.75) is 51.7 Å². The van der Waals surface area contributed by atoms with Crippen LogP contribution in [0, 0.1) is 0 Å². The van der Waals surface area contributed by atoms with Crippen LogP contribution in [0.2, 0.25) is 0 Å². The van der Waals surface area contributed by atoms with Gasteiger partial charge >= 0.3 is 0 Å². The quantitative estimate of drug-likeness (QED) is 0.677. The predicted molar refractivity (Wildman–Crippen MR) is 109 cm³/mol. The van der Waals surface area contributed by atoms with Gasteiger partial charge in [0, 0.05) is 12.1 Å². The largest absolute Gasteiger partial charge is 0.497 e. The molecule has 0 unspecified atom stereocenters. The highest BCUT2D eigenvalue weighted by atomic mass is 16.5. The monoisotopic (exact) mass is 395 g/mol. The molecular weight excluding hydrogens is 370 g/mol. The maximum absolute atomic E-state index is 12.9. The fourth-order valence-electron chi connectivity index (χ4n) is 4.11. The molecule has 0 aliphatic carbocycles. The highest BCUT2D eigenvalue weighted by Crippen LogP contribution is 2.23. The Bertz CT molecular complexity index is 1080. The summed E-state index contributed by atoms with van der Waals surface area (Å²) in [6, 6.07) is 7.73. The maximum Gasteiger partial charge on any atom is 0.264 e. The Morgan fingerprint density at radius 3 is 2.52 bits per heavy atom. The van der Waals surface area contributed by atoms with Crippen molar-refractivity contribution >= 4 is 16.9 Å². The normalized spacial score (nSPS) is 19.5. The number of hydrogen-bond donors (Lipinski definition) is 0. The molecule has 4 rings (SSSR count). The van der Waals surface area contributed by atoms with Crippen LogP contribution in [0.4, 0.5) is 0 Å². The van der Waals surface area contributed by atoms with Crippen molar-refractivity contribution in [2.75, 3.05) is 7.11 Å². The van der Waals surface area contributed by atoms with Gasteiger partial charge in [-0.15, -0.1) is 0 Å². The third kappa shape index (κ3) is 3.50. The van der Waals surface area contributed by atoms with Crippen molar-refractivity contribution in [3.05, 3.63) is 47.1 Å². The molecule has 0 spiro atoms. The molecule has 152 valence electrons. The second kappa shape index (κ2) is 7.69. The van der Waals surface area contributed by atoms with E-state index in [4.69, 9.17) is 4.74 Å². The van der Waals surface area contributed by atoms with E-state index in [0.717, 1.165) is 30.7 Å². The standard InChI is InChI=1S/C21H25N5O3/c1-14-5-4-6-15(2)25(14)19(27)12-24-13-22-20-18(21(24)28)11-23-26(20)16-7-9-17(29-3)10-8-16/h7-11,13-15H,4-6,12H2,1-3H3/t14-,15-/m1/s1. The van der Waals surface area contributed by atoms with Crippen LogP contribution in [-0.2, 0) is 11.3 Å². The van der Waals surface area contributed by atoms with Gasteiger partial charge in [-0.05, 0) is 57.4 Å². The van der Waals surface area contributed by atoms with Crippen LogP contribution < -0.4 is 10.3 Å². The minimum Gasteiger partial charge on any atom is -0.497 e. The third-order valence-electron chi connectivity index (χ3n) is 5.66. The first-order valence-corrected chi connectivity index (χ1v) is 9.88. The number of carbonyl (C=O) groups excluding carboxylic acids is 1. The number of methoxy groups -OCH3 is 1. The molecule has 1 aliphatic heterocycles. The summed E-state index contributed by atoms with van der Waals surface area (Å²) in [5.41, 5.74) is 0.974. The Morgan fingerprint density at radius 1 is 1.17 bits per heavy atom. The first-order valence-electron chi connectivity index (χ1n) is 9.88. The van der Waals surface area contributed by atoms with E-state index in [0.29, 0.717) is 11.0 Å². The zero-order valence-corrected chi connectivity index (χ0v) is 16.9. The van der Waals surface area contributed by atoms with Crippen LogP contribution >= 0.6 is 0 Å². The van der Waals surface area contributed by atoms with Gasteiger partial charge in [0.05, 0.1) is 19.0 Å². The highest BCUT2D eigenvalue weighted by molar-refractivity contribution is 5.78. The fraction of sp³-hybridized carbons (Fsp3) is 0.429. The Kier molecular flexibility index (Phi) is 5.08. The number of hydrogen-bond acceptors (Lipinski definition) is 5. The number of ether oxygens (including phenoxy) is 1. The molecule has 3 aromatic rings. The van der Waals surface area contributed by atoms with Crippen molar-refractivity contribution in [1.29, 1.82) is 0 Å². The van der Waals surface area contributed by atoms with Crippen LogP contribution in [0.1, 0.15) is 33.1 Å². The number of amides is 1. The summed E-state index contributed by atoms with van der Waals surface area (Å²) in [6.07, 6.45) is 6.06. The summed E-state index contributed by atoms with van der Waals surface area (Å²) < 4.78 is 8.16. The maximum atomic E-state index is 12.9. The number of benzene rings is 1. The average Bonchev–Trinajstić information content (AvgIpc) is 3.15. The second-order valence-electron chi connectivity index (χ2n) is 7.60. The Balaban J connectivity index is 1.63. The summed E-state index contributed by atoms with van der Waals surface area (Å²) in [5, 5.41) is 4.71. The van der Waals surface area contributed by atoms with E-state index in [-0.39, 0.29) is 30.1 Å². The van der Waals surface area contributed by atoms with Gasteiger partial charge in [-0.2, -0.15) is 5.10 Å².